The van der Waals surface area contributed by atoms with Crippen molar-refractivity contribution in [1.29, 1.82) is 0 Å². The van der Waals surface area contributed by atoms with Crippen molar-refractivity contribution in [2.45, 2.75) is 0 Å². The zero-order valence-corrected chi connectivity index (χ0v) is 11.2. The fourth-order valence-corrected chi connectivity index (χ4v) is 1.90. The Morgan fingerprint density at radius 3 is 2.57 bits per heavy atom. The number of carboxylic acids is 1. The molecule has 7 nitrogen and oxygen atoms in total. The molecule has 1 aromatic heterocycles. The molecule has 0 radical (unpaired) electrons. The molecule has 2 aromatic rings. The standard InChI is InChI=1S/C14H13N3O4/c1-17(13(19)8-4-5-16-12(18)6-8)11-3-2-9(15)7-10(11)14(20)21/h2-7H,15H2,1H3,(H,16,18)(H,20,21). The molecular formula is C14H13N3O4. The number of aromatic carboxylic acids is 1. The minimum atomic E-state index is -1.19. The summed E-state index contributed by atoms with van der Waals surface area (Å²) >= 11 is 0. The molecule has 2 rings (SSSR count). The van der Waals surface area contributed by atoms with E-state index in [0.717, 1.165) is 11.0 Å². The summed E-state index contributed by atoms with van der Waals surface area (Å²) in [7, 11) is 1.43. The van der Waals surface area contributed by atoms with Crippen LogP contribution in [-0.4, -0.2) is 29.0 Å². The number of pyridine rings is 1. The van der Waals surface area contributed by atoms with Crippen molar-refractivity contribution in [1.82, 2.24) is 4.98 Å². The molecule has 0 unspecified atom stereocenters. The van der Waals surface area contributed by atoms with Crippen LogP contribution in [0.4, 0.5) is 11.4 Å². The van der Waals surface area contributed by atoms with Gasteiger partial charge in [-0.2, -0.15) is 0 Å². The molecule has 0 aliphatic carbocycles. The number of anilines is 2. The first-order chi connectivity index (χ1) is 9.90. The normalized spacial score (nSPS) is 10.1. The summed E-state index contributed by atoms with van der Waals surface area (Å²) in [5.74, 6) is -1.68. The maximum atomic E-state index is 12.3. The molecule has 0 atom stereocenters. The Morgan fingerprint density at radius 1 is 1.24 bits per heavy atom. The lowest BCUT2D eigenvalue weighted by Crippen LogP contribution is -2.29. The van der Waals surface area contributed by atoms with E-state index in [9.17, 15) is 19.5 Å². The Balaban J connectivity index is 2.45. The van der Waals surface area contributed by atoms with Gasteiger partial charge in [-0.25, -0.2) is 4.79 Å². The van der Waals surface area contributed by atoms with Gasteiger partial charge < -0.3 is 20.7 Å². The Morgan fingerprint density at radius 2 is 1.95 bits per heavy atom. The van der Waals surface area contributed by atoms with Gasteiger partial charge in [0.2, 0.25) is 5.56 Å². The van der Waals surface area contributed by atoms with Crippen molar-refractivity contribution < 1.29 is 14.7 Å². The van der Waals surface area contributed by atoms with E-state index in [4.69, 9.17) is 5.73 Å². The monoisotopic (exact) mass is 287 g/mol. The van der Waals surface area contributed by atoms with Gasteiger partial charge in [0, 0.05) is 30.6 Å². The van der Waals surface area contributed by atoms with Crippen molar-refractivity contribution in [3.63, 3.8) is 0 Å². The second-order valence-electron chi connectivity index (χ2n) is 4.39. The highest BCUT2D eigenvalue weighted by Gasteiger charge is 2.20. The minimum absolute atomic E-state index is 0.0873. The van der Waals surface area contributed by atoms with Gasteiger partial charge in [-0.05, 0) is 24.3 Å². The van der Waals surface area contributed by atoms with Gasteiger partial charge in [0.1, 0.15) is 0 Å². The molecule has 0 bridgehead atoms. The van der Waals surface area contributed by atoms with Crippen molar-refractivity contribution in [2.75, 3.05) is 17.7 Å². The number of nitrogens with one attached hydrogen (secondary N) is 1. The lowest BCUT2D eigenvalue weighted by Gasteiger charge is -2.19. The molecule has 0 aliphatic rings. The molecule has 21 heavy (non-hydrogen) atoms. The number of hydrogen-bond donors (Lipinski definition) is 3. The van der Waals surface area contributed by atoms with Gasteiger partial charge in [-0.3, -0.25) is 9.59 Å². The lowest BCUT2D eigenvalue weighted by atomic mass is 10.1. The van der Waals surface area contributed by atoms with E-state index in [1.165, 1.54) is 37.5 Å². The number of benzene rings is 1. The van der Waals surface area contributed by atoms with Crippen molar-refractivity contribution in [3.8, 4) is 0 Å². The van der Waals surface area contributed by atoms with Gasteiger partial charge in [0.15, 0.2) is 0 Å². The Hall–Kier alpha value is -3.09. The number of hydrogen-bond acceptors (Lipinski definition) is 4. The maximum absolute atomic E-state index is 12.3. The van der Waals surface area contributed by atoms with Crippen LogP contribution in [0.1, 0.15) is 20.7 Å². The van der Waals surface area contributed by atoms with Crippen LogP contribution < -0.4 is 16.2 Å². The van der Waals surface area contributed by atoms with Gasteiger partial charge >= 0.3 is 5.97 Å². The van der Waals surface area contributed by atoms with Crippen LogP contribution in [0.15, 0.2) is 41.3 Å². The van der Waals surface area contributed by atoms with Crippen molar-refractivity contribution >= 4 is 23.3 Å². The lowest BCUT2D eigenvalue weighted by molar-refractivity contribution is 0.0698. The van der Waals surface area contributed by atoms with E-state index >= 15 is 0 Å². The zero-order valence-electron chi connectivity index (χ0n) is 11.2. The van der Waals surface area contributed by atoms with E-state index in [2.05, 4.69) is 4.98 Å². The predicted octanol–water partition coefficient (Wildman–Crippen LogP) is 0.932. The van der Waals surface area contributed by atoms with E-state index in [-0.39, 0.29) is 22.5 Å². The van der Waals surface area contributed by atoms with Crippen LogP contribution in [0, 0.1) is 0 Å². The van der Waals surface area contributed by atoms with E-state index in [1.54, 1.807) is 0 Å². The van der Waals surface area contributed by atoms with E-state index in [1.807, 2.05) is 0 Å². The summed E-state index contributed by atoms with van der Waals surface area (Å²) < 4.78 is 0. The van der Waals surface area contributed by atoms with E-state index < -0.39 is 17.4 Å². The SMILES string of the molecule is CN(C(=O)c1cc[nH]c(=O)c1)c1ccc(N)cc1C(=O)O. The van der Waals surface area contributed by atoms with Crippen LogP contribution in [0.3, 0.4) is 0 Å². The number of H-pyrrole nitrogens is 1. The van der Waals surface area contributed by atoms with Crippen LogP contribution in [-0.2, 0) is 0 Å². The molecule has 1 aromatic carbocycles. The minimum Gasteiger partial charge on any atom is -0.478 e. The number of nitrogens with zero attached hydrogens (tertiary/aromatic N) is 1. The second-order valence-corrected chi connectivity index (χ2v) is 4.39. The molecular weight excluding hydrogens is 274 g/mol. The average molecular weight is 287 g/mol. The zero-order chi connectivity index (χ0) is 15.6. The summed E-state index contributed by atoms with van der Waals surface area (Å²) in [5, 5.41) is 9.19. The fourth-order valence-electron chi connectivity index (χ4n) is 1.90. The van der Waals surface area contributed by atoms with Crippen LogP contribution >= 0.6 is 0 Å². The summed E-state index contributed by atoms with van der Waals surface area (Å²) in [6, 6.07) is 6.82. The first kappa shape index (κ1) is 14.3. The van der Waals surface area contributed by atoms with Crippen molar-refractivity contribution in [3.05, 3.63) is 58.0 Å². The molecule has 7 heteroatoms. The quantitative estimate of drug-likeness (QED) is 0.726. The molecule has 0 spiro atoms. The van der Waals surface area contributed by atoms with Crippen LogP contribution in [0.25, 0.3) is 0 Å². The summed E-state index contributed by atoms with van der Waals surface area (Å²) in [4.78, 5) is 38.4. The molecule has 1 heterocycles. The Kier molecular flexibility index (Phi) is 3.75. The van der Waals surface area contributed by atoms with Gasteiger partial charge in [-0.15, -0.1) is 0 Å². The molecule has 4 N–H and O–H groups in total. The number of carbonyl (C=O) groups is 2. The summed E-state index contributed by atoms with van der Waals surface area (Å²) in [5.41, 5.74) is 5.70. The number of aromatic nitrogens is 1. The fraction of sp³-hybridized carbons (Fsp3) is 0.0714. The molecule has 0 aliphatic heterocycles. The maximum Gasteiger partial charge on any atom is 0.337 e. The van der Waals surface area contributed by atoms with E-state index in [0.29, 0.717) is 0 Å². The highest BCUT2D eigenvalue weighted by molar-refractivity contribution is 6.09. The Labute approximate surface area is 119 Å². The number of nitrogens with two attached hydrogens (primary N) is 1. The number of carbonyl (C=O) groups excluding carboxylic acids is 1. The number of nitrogen functional groups attached to an aromatic ring is 1. The largest absolute Gasteiger partial charge is 0.478 e. The molecule has 0 saturated heterocycles. The van der Waals surface area contributed by atoms with Gasteiger partial charge in [0.25, 0.3) is 5.91 Å². The van der Waals surface area contributed by atoms with Gasteiger partial charge in [-0.1, -0.05) is 0 Å². The predicted molar refractivity (Wildman–Crippen MR) is 77.6 cm³/mol. The van der Waals surface area contributed by atoms with Crippen molar-refractivity contribution in [2.24, 2.45) is 0 Å². The summed E-state index contributed by atoms with van der Waals surface area (Å²) in [6.07, 6.45) is 1.35. The Bertz CT molecular complexity index is 767. The van der Waals surface area contributed by atoms with Crippen LogP contribution in [0.5, 0.6) is 0 Å². The third-order valence-electron chi connectivity index (χ3n) is 2.94. The highest BCUT2D eigenvalue weighted by atomic mass is 16.4. The molecule has 0 fully saturated rings. The van der Waals surface area contributed by atoms with Crippen LogP contribution in [0.2, 0.25) is 0 Å². The third kappa shape index (κ3) is 2.92. The second kappa shape index (κ2) is 5.49. The number of aromatic amines is 1. The number of rotatable bonds is 3. The number of carboxylic acid groups (broad SMARTS) is 1. The average Bonchev–Trinajstić information content (AvgIpc) is 2.45. The number of amides is 1. The topological polar surface area (TPSA) is 116 Å². The first-order valence-corrected chi connectivity index (χ1v) is 6.00. The third-order valence-corrected chi connectivity index (χ3v) is 2.94. The first-order valence-electron chi connectivity index (χ1n) is 6.00. The molecule has 1 amide bonds. The summed E-state index contributed by atoms with van der Waals surface area (Å²) in [6.45, 7) is 0. The molecule has 0 saturated carbocycles. The van der Waals surface area contributed by atoms with Gasteiger partial charge in [0.05, 0.1) is 11.3 Å². The molecule has 108 valence electrons. The highest BCUT2D eigenvalue weighted by Crippen LogP contribution is 2.23. The smallest absolute Gasteiger partial charge is 0.337 e.